The van der Waals surface area contributed by atoms with Crippen molar-refractivity contribution in [1.29, 1.82) is 0 Å². The van der Waals surface area contributed by atoms with Crippen molar-refractivity contribution in [1.82, 2.24) is 10.2 Å². The minimum atomic E-state index is -0.718. The molecule has 1 aromatic heterocycles. The third kappa shape index (κ3) is 3.15. The van der Waals surface area contributed by atoms with Crippen LogP contribution in [0.1, 0.15) is 50.5 Å². The highest BCUT2D eigenvalue weighted by molar-refractivity contribution is 7.80. The van der Waals surface area contributed by atoms with E-state index in [1.807, 2.05) is 6.92 Å². The summed E-state index contributed by atoms with van der Waals surface area (Å²) in [5.74, 6) is -0.120. The van der Waals surface area contributed by atoms with Crippen LogP contribution in [0.15, 0.2) is 0 Å². The number of nitrogens with zero attached hydrogens (tertiary/aromatic N) is 2. The van der Waals surface area contributed by atoms with Crippen molar-refractivity contribution in [3.05, 3.63) is 5.01 Å². The van der Waals surface area contributed by atoms with Gasteiger partial charge in [-0.1, -0.05) is 56.2 Å². The fourth-order valence-electron chi connectivity index (χ4n) is 2.58. The van der Waals surface area contributed by atoms with E-state index in [2.05, 4.69) is 15.5 Å². The number of aromatic nitrogens is 2. The van der Waals surface area contributed by atoms with Gasteiger partial charge in [0.25, 0.3) is 0 Å². The quantitative estimate of drug-likeness (QED) is 0.660. The van der Waals surface area contributed by atoms with Crippen molar-refractivity contribution in [2.24, 2.45) is 11.1 Å². The molecule has 1 saturated carbocycles. The Bertz CT molecular complexity index is 492. The van der Waals surface area contributed by atoms with Crippen LogP contribution in [0.3, 0.4) is 0 Å². The van der Waals surface area contributed by atoms with Crippen LogP contribution < -0.4 is 11.1 Å². The summed E-state index contributed by atoms with van der Waals surface area (Å²) in [6, 6.07) is 0. The molecule has 1 amide bonds. The Kier molecular flexibility index (Phi) is 5.04. The van der Waals surface area contributed by atoms with Crippen LogP contribution in [0.5, 0.6) is 0 Å². The molecule has 20 heavy (non-hydrogen) atoms. The highest BCUT2D eigenvalue weighted by Gasteiger charge is 2.41. The predicted molar refractivity (Wildman–Crippen MR) is 84.8 cm³/mol. The zero-order chi connectivity index (χ0) is 14.6. The van der Waals surface area contributed by atoms with E-state index >= 15 is 0 Å². The van der Waals surface area contributed by atoms with Crippen LogP contribution in [-0.4, -0.2) is 21.1 Å². The smallest absolute Gasteiger partial charge is 0.239 e. The van der Waals surface area contributed by atoms with Crippen molar-refractivity contribution in [2.45, 2.75) is 51.9 Å². The molecular formula is C13H20N4OS2. The first kappa shape index (κ1) is 15.3. The SMILES string of the molecule is CCc1nnc(NC(=O)C2(C(N)=S)CCCCCC2)s1. The van der Waals surface area contributed by atoms with Crippen LogP contribution in [0.2, 0.25) is 0 Å². The first-order valence-corrected chi connectivity index (χ1v) is 8.24. The molecule has 1 aliphatic carbocycles. The van der Waals surface area contributed by atoms with Crippen molar-refractivity contribution in [3.8, 4) is 0 Å². The van der Waals surface area contributed by atoms with Gasteiger partial charge in [-0.3, -0.25) is 10.1 Å². The van der Waals surface area contributed by atoms with Crippen LogP contribution in [-0.2, 0) is 11.2 Å². The van der Waals surface area contributed by atoms with E-state index in [0.29, 0.717) is 10.1 Å². The van der Waals surface area contributed by atoms with E-state index in [4.69, 9.17) is 18.0 Å². The van der Waals surface area contributed by atoms with Gasteiger partial charge in [0.05, 0.1) is 10.4 Å². The second kappa shape index (κ2) is 6.58. The Morgan fingerprint density at radius 1 is 1.35 bits per heavy atom. The summed E-state index contributed by atoms with van der Waals surface area (Å²) >= 11 is 6.60. The molecule has 0 spiro atoms. The molecule has 0 saturated heterocycles. The Morgan fingerprint density at radius 2 is 2.00 bits per heavy atom. The average Bonchev–Trinajstić information content (AvgIpc) is 2.73. The summed E-state index contributed by atoms with van der Waals surface area (Å²) in [7, 11) is 0. The van der Waals surface area contributed by atoms with Gasteiger partial charge < -0.3 is 5.73 Å². The molecule has 0 aromatic carbocycles. The van der Waals surface area contributed by atoms with E-state index in [9.17, 15) is 4.79 Å². The minimum absolute atomic E-state index is 0.120. The van der Waals surface area contributed by atoms with E-state index < -0.39 is 5.41 Å². The number of aryl methyl sites for hydroxylation is 1. The summed E-state index contributed by atoms with van der Waals surface area (Å²) in [6.45, 7) is 2.01. The largest absolute Gasteiger partial charge is 0.392 e. The van der Waals surface area contributed by atoms with Gasteiger partial charge in [-0.25, -0.2) is 0 Å². The van der Waals surface area contributed by atoms with Gasteiger partial charge in [-0.05, 0) is 19.3 Å². The molecule has 2 rings (SSSR count). The van der Waals surface area contributed by atoms with Gasteiger partial charge >= 0.3 is 0 Å². The molecule has 1 fully saturated rings. The normalized spacial score (nSPS) is 18.2. The molecule has 110 valence electrons. The fraction of sp³-hybridized carbons (Fsp3) is 0.692. The molecule has 7 heteroatoms. The number of thiocarbonyl (C=S) groups is 1. The zero-order valence-corrected chi connectivity index (χ0v) is 13.3. The second-order valence-electron chi connectivity index (χ2n) is 5.17. The molecule has 1 heterocycles. The minimum Gasteiger partial charge on any atom is -0.392 e. The van der Waals surface area contributed by atoms with Gasteiger partial charge in [0.15, 0.2) is 0 Å². The Labute approximate surface area is 128 Å². The molecule has 0 radical (unpaired) electrons. The number of amides is 1. The molecule has 0 bridgehead atoms. The zero-order valence-electron chi connectivity index (χ0n) is 11.6. The average molecular weight is 312 g/mol. The predicted octanol–water partition coefficient (Wildman–Crippen LogP) is 2.67. The van der Waals surface area contributed by atoms with Crippen LogP contribution in [0.4, 0.5) is 5.13 Å². The number of carbonyl (C=O) groups excluding carboxylic acids is 1. The number of rotatable bonds is 4. The molecule has 1 aliphatic rings. The maximum absolute atomic E-state index is 12.6. The number of nitrogens with one attached hydrogen (secondary N) is 1. The Balaban J connectivity index is 2.16. The number of hydrogen-bond acceptors (Lipinski definition) is 5. The summed E-state index contributed by atoms with van der Waals surface area (Å²) in [4.78, 5) is 12.9. The van der Waals surface area contributed by atoms with Gasteiger partial charge in [0, 0.05) is 0 Å². The first-order valence-electron chi connectivity index (χ1n) is 7.02. The number of anilines is 1. The summed E-state index contributed by atoms with van der Waals surface area (Å²) in [6.07, 6.45) is 6.52. The van der Waals surface area contributed by atoms with Crippen molar-refractivity contribution < 1.29 is 4.79 Å². The van der Waals surface area contributed by atoms with Gasteiger partial charge in [-0.2, -0.15) is 0 Å². The standard InChI is InChI=1S/C13H20N4OS2/c1-2-9-16-17-12(20-9)15-11(18)13(10(14)19)7-5-3-4-6-8-13/h2-8H2,1H3,(H2,14,19)(H,15,17,18). The van der Waals surface area contributed by atoms with Crippen LogP contribution >= 0.6 is 23.6 Å². The lowest BCUT2D eigenvalue weighted by molar-refractivity contribution is -0.122. The second-order valence-corrected chi connectivity index (χ2v) is 6.67. The summed E-state index contributed by atoms with van der Waals surface area (Å²) < 4.78 is 0. The van der Waals surface area contributed by atoms with Gasteiger partial charge in [-0.15, -0.1) is 10.2 Å². The maximum atomic E-state index is 12.6. The van der Waals surface area contributed by atoms with Gasteiger partial charge in [0.1, 0.15) is 5.01 Å². The van der Waals surface area contributed by atoms with E-state index in [1.54, 1.807) is 0 Å². The highest BCUT2D eigenvalue weighted by atomic mass is 32.1. The molecule has 1 aromatic rings. The number of hydrogen-bond donors (Lipinski definition) is 2. The highest BCUT2D eigenvalue weighted by Crippen LogP contribution is 2.37. The number of carbonyl (C=O) groups is 1. The Hall–Kier alpha value is -1.08. The van der Waals surface area contributed by atoms with Crippen molar-refractivity contribution in [2.75, 3.05) is 5.32 Å². The van der Waals surface area contributed by atoms with E-state index in [1.165, 1.54) is 11.3 Å². The Morgan fingerprint density at radius 3 is 2.50 bits per heavy atom. The van der Waals surface area contributed by atoms with E-state index in [-0.39, 0.29) is 5.91 Å². The van der Waals surface area contributed by atoms with Crippen molar-refractivity contribution in [3.63, 3.8) is 0 Å². The lowest BCUT2D eigenvalue weighted by Crippen LogP contribution is -2.45. The molecular weight excluding hydrogens is 292 g/mol. The van der Waals surface area contributed by atoms with E-state index in [0.717, 1.165) is 50.0 Å². The lowest BCUT2D eigenvalue weighted by Gasteiger charge is -2.29. The summed E-state index contributed by atoms with van der Waals surface area (Å²) in [5, 5.41) is 12.3. The maximum Gasteiger partial charge on any atom is 0.239 e. The molecule has 0 atom stereocenters. The van der Waals surface area contributed by atoms with Crippen LogP contribution in [0, 0.1) is 5.41 Å². The third-order valence-corrected chi connectivity index (χ3v) is 5.23. The van der Waals surface area contributed by atoms with Gasteiger partial charge in [0.2, 0.25) is 11.0 Å². The molecule has 0 aliphatic heterocycles. The lowest BCUT2D eigenvalue weighted by atomic mass is 9.79. The molecule has 3 N–H and O–H groups in total. The first-order chi connectivity index (χ1) is 9.58. The fourth-order valence-corrected chi connectivity index (χ4v) is 3.55. The van der Waals surface area contributed by atoms with Crippen LogP contribution in [0.25, 0.3) is 0 Å². The number of nitrogens with two attached hydrogens (primary N) is 1. The monoisotopic (exact) mass is 312 g/mol. The molecule has 0 unspecified atom stereocenters. The topological polar surface area (TPSA) is 80.9 Å². The third-order valence-electron chi connectivity index (χ3n) is 3.85. The van der Waals surface area contributed by atoms with Crippen molar-refractivity contribution >= 4 is 39.6 Å². The summed E-state index contributed by atoms with van der Waals surface area (Å²) in [5.41, 5.74) is 5.18. The molecule has 5 nitrogen and oxygen atoms in total.